The first-order valence-electron chi connectivity index (χ1n) is 6.89. The third kappa shape index (κ3) is 5.49. The average molecular weight is 271 g/mol. The van der Waals surface area contributed by atoms with Gasteiger partial charge in [-0.1, -0.05) is 6.92 Å². The molecule has 110 valence electrons. The van der Waals surface area contributed by atoms with Crippen LogP contribution in [0.2, 0.25) is 0 Å². The molecule has 0 spiro atoms. The monoisotopic (exact) mass is 271 g/mol. The molecule has 1 N–H and O–H groups in total. The van der Waals surface area contributed by atoms with Gasteiger partial charge >= 0.3 is 12.1 Å². The number of carbonyl (C=O) groups is 2. The standard InChI is InChI=1S/C14H25NO4/c1-10(9-12(16)17)11-5-7-15(8-6-11)13(18)19-14(2,3)4/h10-11H,5-9H2,1-4H3,(H,16,17)/t10-/m1/s1. The Kier molecular flexibility index (Phi) is 5.20. The fourth-order valence-corrected chi connectivity index (χ4v) is 2.42. The molecule has 5 nitrogen and oxygen atoms in total. The normalized spacial score (nSPS) is 19.1. The van der Waals surface area contributed by atoms with E-state index < -0.39 is 11.6 Å². The Hall–Kier alpha value is -1.26. The lowest BCUT2D eigenvalue weighted by molar-refractivity contribution is -0.138. The molecule has 0 radical (unpaired) electrons. The number of nitrogens with zero attached hydrogens (tertiary/aromatic N) is 1. The van der Waals surface area contributed by atoms with Crippen molar-refractivity contribution >= 4 is 12.1 Å². The summed E-state index contributed by atoms with van der Waals surface area (Å²) in [6.45, 7) is 8.85. The molecule has 1 aliphatic rings. The minimum Gasteiger partial charge on any atom is -0.481 e. The lowest BCUT2D eigenvalue weighted by Gasteiger charge is -2.35. The molecule has 0 saturated carbocycles. The second-order valence-corrected chi connectivity index (χ2v) is 6.38. The van der Waals surface area contributed by atoms with Gasteiger partial charge in [-0.05, 0) is 45.4 Å². The molecular weight excluding hydrogens is 246 g/mol. The Morgan fingerprint density at radius 3 is 2.26 bits per heavy atom. The van der Waals surface area contributed by atoms with Gasteiger partial charge in [-0.2, -0.15) is 0 Å². The fraction of sp³-hybridized carbons (Fsp3) is 0.857. The maximum absolute atomic E-state index is 11.9. The molecule has 0 bridgehead atoms. The number of likely N-dealkylation sites (tertiary alicyclic amines) is 1. The van der Waals surface area contributed by atoms with Crippen LogP contribution in [-0.2, 0) is 9.53 Å². The SMILES string of the molecule is C[C@H](CC(=O)O)C1CCN(C(=O)OC(C)(C)C)CC1. The molecule has 0 aromatic rings. The van der Waals surface area contributed by atoms with Crippen molar-refractivity contribution in [2.24, 2.45) is 11.8 Å². The molecule has 1 aliphatic heterocycles. The highest BCUT2D eigenvalue weighted by molar-refractivity contribution is 5.68. The summed E-state index contributed by atoms with van der Waals surface area (Å²) in [5.74, 6) is -0.199. The predicted molar refractivity (Wildman–Crippen MR) is 71.9 cm³/mol. The highest BCUT2D eigenvalue weighted by Crippen LogP contribution is 2.27. The van der Waals surface area contributed by atoms with Gasteiger partial charge < -0.3 is 14.7 Å². The topological polar surface area (TPSA) is 66.8 Å². The maximum Gasteiger partial charge on any atom is 0.410 e. The number of hydrogen-bond acceptors (Lipinski definition) is 3. The van der Waals surface area contributed by atoms with E-state index in [2.05, 4.69) is 0 Å². The van der Waals surface area contributed by atoms with Crippen LogP contribution in [0.4, 0.5) is 4.79 Å². The van der Waals surface area contributed by atoms with Crippen LogP contribution in [-0.4, -0.2) is 40.8 Å². The van der Waals surface area contributed by atoms with E-state index in [1.54, 1.807) is 4.90 Å². The fourth-order valence-electron chi connectivity index (χ4n) is 2.42. The number of carboxylic acid groups (broad SMARTS) is 1. The van der Waals surface area contributed by atoms with Gasteiger partial charge in [0.25, 0.3) is 0 Å². The van der Waals surface area contributed by atoms with Crippen molar-refractivity contribution in [2.75, 3.05) is 13.1 Å². The molecule has 1 saturated heterocycles. The Morgan fingerprint density at radius 2 is 1.84 bits per heavy atom. The van der Waals surface area contributed by atoms with Crippen LogP contribution in [0.1, 0.15) is 47.0 Å². The third-order valence-electron chi connectivity index (χ3n) is 3.49. The summed E-state index contributed by atoms with van der Waals surface area (Å²) in [4.78, 5) is 24.3. The number of hydrogen-bond donors (Lipinski definition) is 1. The Morgan fingerprint density at radius 1 is 1.32 bits per heavy atom. The minimum absolute atomic E-state index is 0.165. The van der Waals surface area contributed by atoms with E-state index in [1.807, 2.05) is 27.7 Å². The van der Waals surface area contributed by atoms with Crippen LogP contribution >= 0.6 is 0 Å². The Bertz CT molecular complexity index is 327. The van der Waals surface area contributed by atoms with Crippen molar-refractivity contribution in [2.45, 2.75) is 52.6 Å². The molecule has 1 atom stereocenters. The van der Waals surface area contributed by atoms with Gasteiger partial charge in [-0.3, -0.25) is 4.79 Å². The number of piperidine rings is 1. The first-order chi connectivity index (χ1) is 8.69. The van der Waals surface area contributed by atoms with Crippen molar-refractivity contribution in [1.29, 1.82) is 0 Å². The quantitative estimate of drug-likeness (QED) is 0.857. The summed E-state index contributed by atoms with van der Waals surface area (Å²) >= 11 is 0. The number of aliphatic carboxylic acids is 1. The predicted octanol–water partition coefficient (Wildman–Crippen LogP) is 2.74. The van der Waals surface area contributed by atoms with Crippen molar-refractivity contribution in [1.82, 2.24) is 4.90 Å². The molecule has 0 aromatic carbocycles. The Balaban J connectivity index is 2.40. The molecule has 5 heteroatoms. The molecule has 1 fully saturated rings. The van der Waals surface area contributed by atoms with E-state index in [0.29, 0.717) is 19.0 Å². The van der Waals surface area contributed by atoms with Crippen LogP contribution in [0.15, 0.2) is 0 Å². The molecule has 0 unspecified atom stereocenters. The minimum atomic E-state index is -0.748. The van der Waals surface area contributed by atoms with E-state index >= 15 is 0 Å². The van der Waals surface area contributed by atoms with Crippen LogP contribution in [0, 0.1) is 11.8 Å². The van der Waals surface area contributed by atoms with Gasteiger partial charge in [0.05, 0.1) is 0 Å². The van der Waals surface area contributed by atoms with Crippen molar-refractivity contribution in [3.8, 4) is 0 Å². The first kappa shape index (κ1) is 15.8. The third-order valence-corrected chi connectivity index (χ3v) is 3.49. The van der Waals surface area contributed by atoms with E-state index in [9.17, 15) is 9.59 Å². The van der Waals surface area contributed by atoms with Crippen LogP contribution < -0.4 is 0 Å². The lowest BCUT2D eigenvalue weighted by atomic mass is 9.84. The lowest BCUT2D eigenvalue weighted by Crippen LogP contribution is -2.42. The smallest absolute Gasteiger partial charge is 0.410 e. The van der Waals surface area contributed by atoms with Crippen LogP contribution in [0.5, 0.6) is 0 Å². The molecule has 1 rings (SSSR count). The number of rotatable bonds is 3. The maximum atomic E-state index is 11.9. The van der Waals surface area contributed by atoms with E-state index in [0.717, 1.165) is 12.8 Å². The Labute approximate surface area is 114 Å². The van der Waals surface area contributed by atoms with Gasteiger partial charge in [-0.15, -0.1) is 0 Å². The number of carbonyl (C=O) groups excluding carboxylic acids is 1. The average Bonchev–Trinajstić information content (AvgIpc) is 2.26. The summed E-state index contributed by atoms with van der Waals surface area (Å²) in [6.07, 6.45) is 1.65. The molecule has 1 amide bonds. The summed E-state index contributed by atoms with van der Waals surface area (Å²) in [7, 11) is 0. The second-order valence-electron chi connectivity index (χ2n) is 6.38. The zero-order valence-electron chi connectivity index (χ0n) is 12.3. The summed E-state index contributed by atoms with van der Waals surface area (Å²) < 4.78 is 5.33. The summed E-state index contributed by atoms with van der Waals surface area (Å²) in [6, 6.07) is 0. The molecule has 0 aliphatic carbocycles. The zero-order valence-corrected chi connectivity index (χ0v) is 12.3. The van der Waals surface area contributed by atoms with Gasteiger partial charge in [0.1, 0.15) is 5.60 Å². The molecular formula is C14H25NO4. The van der Waals surface area contributed by atoms with Crippen LogP contribution in [0.25, 0.3) is 0 Å². The van der Waals surface area contributed by atoms with Gasteiger partial charge in [0.2, 0.25) is 0 Å². The van der Waals surface area contributed by atoms with Crippen molar-refractivity contribution in [3.05, 3.63) is 0 Å². The van der Waals surface area contributed by atoms with Gasteiger partial charge in [0, 0.05) is 19.5 Å². The second kappa shape index (κ2) is 6.26. The summed E-state index contributed by atoms with van der Waals surface area (Å²) in [5, 5.41) is 8.80. The summed E-state index contributed by atoms with van der Waals surface area (Å²) in [5.41, 5.74) is -0.468. The highest BCUT2D eigenvalue weighted by Gasteiger charge is 2.29. The zero-order chi connectivity index (χ0) is 14.6. The largest absolute Gasteiger partial charge is 0.481 e. The van der Waals surface area contributed by atoms with Gasteiger partial charge in [-0.25, -0.2) is 4.79 Å². The van der Waals surface area contributed by atoms with Gasteiger partial charge in [0.15, 0.2) is 0 Å². The van der Waals surface area contributed by atoms with E-state index in [4.69, 9.17) is 9.84 Å². The van der Waals surface area contributed by atoms with Crippen molar-refractivity contribution < 1.29 is 19.4 Å². The molecule has 19 heavy (non-hydrogen) atoms. The first-order valence-corrected chi connectivity index (χ1v) is 6.89. The highest BCUT2D eigenvalue weighted by atomic mass is 16.6. The molecule has 0 aromatic heterocycles. The number of amides is 1. The van der Waals surface area contributed by atoms with Crippen LogP contribution in [0.3, 0.4) is 0 Å². The van der Waals surface area contributed by atoms with E-state index in [-0.39, 0.29) is 18.4 Å². The van der Waals surface area contributed by atoms with E-state index in [1.165, 1.54) is 0 Å². The number of ether oxygens (including phenoxy) is 1. The molecule has 1 heterocycles. The number of carboxylic acids is 1. The van der Waals surface area contributed by atoms with Crippen molar-refractivity contribution in [3.63, 3.8) is 0 Å².